The van der Waals surface area contributed by atoms with E-state index in [1.54, 1.807) is 7.11 Å². The van der Waals surface area contributed by atoms with Gasteiger partial charge in [-0.1, -0.05) is 50.3 Å². The maximum atomic E-state index is 14.3. The minimum Gasteiger partial charge on any atom is -0.496 e. The number of aliphatic hydroxyl groups is 2. The van der Waals surface area contributed by atoms with Crippen LogP contribution in [0.3, 0.4) is 0 Å². The topological polar surface area (TPSA) is 154 Å². The number of hydrogen-bond acceptors (Lipinski definition) is 12. The van der Waals surface area contributed by atoms with Gasteiger partial charge in [0.15, 0.2) is 6.10 Å². The molecule has 3 N–H and O–H groups in total. The van der Waals surface area contributed by atoms with E-state index in [-0.39, 0.29) is 17.9 Å². The summed E-state index contributed by atoms with van der Waals surface area (Å²) in [5.41, 5.74) is 0.378. The van der Waals surface area contributed by atoms with Gasteiger partial charge >= 0.3 is 17.9 Å². The molecule has 59 heavy (non-hydrogen) atoms. The Balaban J connectivity index is 1.27. The van der Waals surface area contributed by atoms with Crippen molar-refractivity contribution < 1.29 is 43.5 Å². The van der Waals surface area contributed by atoms with Crippen LogP contribution in [0.5, 0.6) is 5.75 Å². The van der Waals surface area contributed by atoms with Crippen LogP contribution in [0.1, 0.15) is 68.3 Å². The predicted molar refractivity (Wildman–Crippen MR) is 221 cm³/mol. The lowest BCUT2D eigenvalue weighted by atomic mass is 9.47. The van der Waals surface area contributed by atoms with Crippen LogP contribution in [0.25, 0.3) is 16.5 Å². The third-order valence-corrected chi connectivity index (χ3v) is 15.2. The lowest BCUT2D eigenvalue weighted by molar-refractivity contribution is -0.228. The lowest BCUT2D eigenvalue weighted by Gasteiger charge is -2.63. The second-order valence-electron chi connectivity index (χ2n) is 17.7. The molecule has 2 aromatic carbocycles. The molecule has 10 unspecified atom stereocenters. The number of methoxy groups -OCH3 is 3. The van der Waals surface area contributed by atoms with E-state index < -0.39 is 52.1 Å². The predicted octanol–water partition coefficient (Wildman–Crippen LogP) is 4.09. The van der Waals surface area contributed by atoms with Crippen molar-refractivity contribution in [3.8, 4) is 5.75 Å². The number of nitrogens with zero attached hydrogens (tertiary/aromatic N) is 3. The van der Waals surface area contributed by atoms with Crippen molar-refractivity contribution in [3.05, 3.63) is 77.0 Å². The number of aromatic amines is 1. The molecule has 7 heterocycles. The fourth-order valence-corrected chi connectivity index (χ4v) is 13.1. The highest BCUT2D eigenvalue weighted by Gasteiger charge is 2.80. The number of rotatable bonds is 8. The summed E-state index contributed by atoms with van der Waals surface area (Å²) in [5, 5.41) is 26.9. The van der Waals surface area contributed by atoms with Crippen LogP contribution >= 0.6 is 0 Å². The summed E-state index contributed by atoms with van der Waals surface area (Å²) in [7, 11) is 6.02. The molecule has 1 saturated carbocycles. The number of likely N-dealkylation sites (N-methyl/N-ethyl adjacent to an activating group) is 1. The molecule has 0 radical (unpaired) electrons. The number of carbonyl (C=O) groups excluding carboxylic acids is 3. The number of H-pyrrole nitrogens is 1. The van der Waals surface area contributed by atoms with Crippen molar-refractivity contribution in [3.63, 3.8) is 0 Å². The highest BCUT2D eigenvalue weighted by atomic mass is 16.6. The Kier molecular flexibility index (Phi) is 9.39. The molecule has 1 aliphatic carbocycles. The first kappa shape index (κ1) is 39.8. The molecular weight excluding hydrogens is 753 g/mol. The number of fused-ring (bicyclic) bond motifs is 5. The minimum atomic E-state index is -2.29. The number of nitrogens with one attached hydrogen (secondary N) is 1. The van der Waals surface area contributed by atoms with Crippen molar-refractivity contribution >= 4 is 40.1 Å². The normalized spacial score (nSPS) is 35.6. The summed E-state index contributed by atoms with van der Waals surface area (Å²) < 4.78 is 23.2. The third-order valence-electron chi connectivity index (χ3n) is 15.2. The lowest BCUT2D eigenvalue weighted by Crippen LogP contribution is -2.81. The van der Waals surface area contributed by atoms with Crippen molar-refractivity contribution in [2.24, 2.45) is 11.3 Å². The molecule has 1 spiro atoms. The number of anilines is 1. The Morgan fingerprint density at radius 2 is 1.80 bits per heavy atom. The average molecular weight is 809 g/mol. The second kappa shape index (κ2) is 13.9. The molecule has 2 saturated heterocycles. The van der Waals surface area contributed by atoms with Gasteiger partial charge in [-0.25, -0.2) is 9.59 Å². The van der Waals surface area contributed by atoms with Crippen LogP contribution in [0, 0.1) is 11.3 Å². The number of ether oxygens (including phenoxy) is 4. The maximum Gasteiger partial charge on any atom is 0.344 e. The average Bonchev–Trinajstić information content (AvgIpc) is 3.87. The Labute approximate surface area is 344 Å². The first-order chi connectivity index (χ1) is 28.3. The van der Waals surface area contributed by atoms with Crippen molar-refractivity contribution in [2.45, 2.75) is 87.2 Å². The number of esters is 3. The highest BCUT2D eigenvalue weighted by molar-refractivity contribution is 6.17. The van der Waals surface area contributed by atoms with Gasteiger partial charge in [0, 0.05) is 103 Å². The Hall–Kier alpha value is -4.69. The van der Waals surface area contributed by atoms with Gasteiger partial charge < -0.3 is 39.0 Å². The van der Waals surface area contributed by atoms with Gasteiger partial charge in [-0.2, -0.15) is 0 Å². The van der Waals surface area contributed by atoms with Crippen LogP contribution in [-0.2, 0) is 40.4 Å². The van der Waals surface area contributed by atoms with E-state index in [4.69, 9.17) is 18.9 Å². The Morgan fingerprint density at radius 1 is 1.02 bits per heavy atom. The smallest absolute Gasteiger partial charge is 0.344 e. The fraction of sp³-hybridized carbons (Fsp3) is 0.543. The number of benzene rings is 2. The molecule has 13 heteroatoms. The standard InChI is InChI=1S/C46H56N4O9/c1-8-43-16-12-18-50-20-17-45(39(43)50)32-22-30(35(56-5)23-34(32)48(4)40(45)46(55,42(53)58-7)41(43)59-26(3)51)31(38(52)57-6)21-27-24-49-19-15-29-28-13-10-11-14-33(28)47-37(29)36(27)44(54,9-2)25-49/h10-14,16,21-23,27,36,39-41,47,54-55H,8-9,15,17-20,24-25H2,1-7H3. The first-order valence-electron chi connectivity index (χ1n) is 21.0. The molecule has 6 aliphatic heterocycles. The second-order valence-corrected chi connectivity index (χ2v) is 17.7. The van der Waals surface area contributed by atoms with E-state index in [0.29, 0.717) is 62.3 Å². The summed E-state index contributed by atoms with van der Waals surface area (Å²) in [6.07, 6.45) is 7.19. The Morgan fingerprint density at radius 3 is 2.49 bits per heavy atom. The zero-order chi connectivity index (χ0) is 41.8. The largest absolute Gasteiger partial charge is 0.496 e. The summed E-state index contributed by atoms with van der Waals surface area (Å²) in [5.74, 6) is -2.28. The summed E-state index contributed by atoms with van der Waals surface area (Å²) >= 11 is 0. The van der Waals surface area contributed by atoms with E-state index in [1.807, 2.05) is 68.3 Å². The summed E-state index contributed by atoms with van der Waals surface area (Å²) in [4.78, 5) is 51.8. The van der Waals surface area contributed by atoms with Crippen LogP contribution in [0.2, 0.25) is 0 Å². The van der Waals surface area contributed by atoms with E-state index >= 15 is 0 Å². The van der Waals surface area contributed by atoms with E-state index in [2.05, 4.69) is 26.9 Å². The molecular formula is C46H56N4O9. The molecule has 13 nitrogen and oxygen atoms in total. The molecule has 2 bridgehead atoms. The third kappa shape index (κ3) is 5.26. The van der Waals surface area contributed by atoms with Gasteiger partial charge in [-0.15, -0.1) is 0 Å². The number of piperidine rings is 1. The van der Waals surface area contributed by atoms with Crippen LogP contribution < -0.4 is 9.64 Å². The van der Waals surface area contributed by atoms with Crippen molar-refractivity contribution in [2.75, 3.05) is 66.0 Å². The molecule has 3 aromatic rings. The monoisotopic (exact) mass is 808 g/mol. The van der Waals surface area contributed by atoms with Crippen molar-refractivity contribution in [1.82, 2.24) is 14.8 Å². The van der Waals surface area contributed by atoms with Gasteiger partial charge in [0.2, 0.25) is 5.60 Å². The molecule has 10 atom stereocenters. The van der Waals surface area contributed by atoms with Gasteiger partial charge in [-0.05, 0) is 55.5 Å². The summed E-state index contributed by atoms with van der Waals surface area (Å²) in [6.45, 7) is 8.52. The van der Waals surface area contributed by atoms with Gasteiger partial charge in [-0.3, -0.25) is 14.6 Å². The molecule has 314 valence electrons. The quantitative estimate of drug-likeness (QED) is 0.130. The molecule has 0 amide bonds. The zero-order valence-electron chi connectivity index (χ0n) is 35.0. The zero-order valence-corrected chi connectivity index (χ0v) is 35.0. The maximum absolute atomic E-state index is 14.3. The van der Waals surface area contributed by atoms with E-state index in [1.165, 1.54) is 26.7 Å². The molecule has 3 fully saturated rings. The first-order valence-corrected chi connectivity index (χ1v) is 21.0. The molecule has 1 aromatic heterocycles. The fourth-order valence-electron chi connectivity index (χ4n) is 13.1. The molecule has 10 rings (SSSR count). The van der Waals surface area contributed by atoms with Crippen LogP contribution in [0.15, 0.2) is 54.6 Å². The highest BCUT2D eigenvalue weighted by Crippen LogP contribution is 2.68. The van der Waals surface area contributed by atoms with Gasteiger partial charge in [0.1, 0.15) is 5.75 Å². The molecule has 7 aliphatic rings. The van der Waals surface area contributed by atoms with Gasteiger partial charge in [0.25, 0.3) is 0 Å². The van der Waals surface area contributed by atoms with Crippen molar-refractivity contribution in [1.29, 1.82) is 0 Å². The van der Waals surface area contributed by atoms with E-state index in [0.717, 1.165) is 40.8 Å². The van der Waals surface area contributed by atoms with Crippen LogP contribution in [0.4, 0.5) is 5.69 Å². The SMILES string of the molecule is CCC1(O)CN2CCc3c([nH]c4ccccc34)C1C(C=C(C(=O)OC)c1cc3c(cc1OC)N(C)C1C(O)(C(=O)OC)C(OC(C)=O)C4(CC)C=CCN5CCC31C54)C2. The number of carbonyl (C=O) groups is 3. The number of hydrogen-bond donors (Lipinski definition) is 3. The number of aromatic nitrogens is 1. The number of para-hydroxylation sites is 1. The Bertz CT molecular complexity index is 2300. The van der Waals surface area contributed by atoms with E-state index in [9.17, 15) is 24.6 Å². The minimum absolute atomic E-state index is 0.297. The van der Waals surface area contributed by atoms with Crippen LogP contribution in [-0.4, -0.2) is 133 Å². The van der Waals surface area contributed by atoms with Gasteiger partial charge in [0.05, 0.1) is 38.5 Å². The summed E-state index contributed by atoms with van der Waals surface area (Å²) in [6, 6.07) is 10.9.